The van der Waals surface area contributed by atoms with Gasteiger partial charge in [-0.05, 0) is 45.4 Å². The molecule has 1 aromatic rings. The fourth-order valence-corrected chi connectivity index (χ4v) is 1.91. The molecule has 0 fully saturated rings. The normalized spacial score (nSPS) is 10.6. The van der Waals surface area contributed by atoms with Crippen molar-refractivity contribution in [2.75, 3.05) is 11.6 Å². The summed E-state index contributed by atoms with van der Waals surface area (Å²) in [4.78, 5) is 23.6. The summed E-state index contributed by atoms with van der Waals surface area (Å²) in [5.74, 6) is -0.577. The van der Waals surface area contributed by atoms with Gasteiger partial charge in [0.2, 0.25) is 0 Å². The summed E-state index contributed by atoms with van der Waals surface area (Å²) in [7, 11) is 0. The van der Waals surface area contributed by atoms with E-state index in [1.165, 1.54) is 5.01 Å². The van der Waals surface area contributed by atoms with Crippen LogP contribution in [0.15, 0.2) is 41.6 Å². The minimum absolute atomic E-state index is 0.0501. The van der Waals surface area contributed by atoms with Gasteiger partial charge in [0.15, 0.2) is 0 Å². The lowest BCUT2D eigenvalue weighted by atomic mass is 10.2. The number of alkyl carbamates (subject to hydrolysis) is 1. The maximum Gasteiger partial charge on any atom is 0.407 e. The second-order valence-corrected chi connectivity index (χ2v) is 6.15. The smallest absolute Gasteiger partial charge is 0.407 e. The first-order valence-corrected chi connectivity index (χ1v) is 7.86. The third kappa shape index (κ3) is 6.66. The molecule has 0 bridgehead atoms. The molecule has 1 aromatic carbocycles. The summed E-state index contributed by atoms with van der Waals surface area (Å²) in [5.41, 5.74) is 0.867. The number of hydrogen-bond donors (Lipinski definition) is 1. The van der Waals surface area contributed by atoms with Crippen molar-refractivity contribution in [3.63, 3.8) is 0 Å². The molecule has 0 saturated heterocycles. The third-order valence-corrected chi connectivity index (χ3v) is 2.90. The van der Waals surface area contributed by atoms with Crippen molar-refractivity contribution in [3.05, 3.63) is 42.1 Å². The van der Waals surface area contributed by atoms with Crippen molar-refractivity contribution in [2.45, 2.75) is 39.8 Å². The zero-order valence-electron chi connectivity index (χ0n) is 15.2. The van der Waals surface area contributed by atoms with Crippen LogP contribution in [0.3, 0.4) is 0 Å². The van der Waals surface area contributed by atoms with E-state index in [-0.39, 0.29) is 18.8 Å². The summed E-state index contributed by atoms with van der Waals surface area (Å²) >= 11 is 0. The number of nitrogens with zero attached hydrogens (tertiary/aromatic N) is 2. The number of carbonyl (C=O) groups excluding carboxylic acids is 2. The maximum atomic E-state index is 11.8. The molecular weight excluding hydrogens is 322 g/mol. The molecule has 136 valence electrons. The van der Waals surface area contributed by atoms with Crippen molar-refractivity contribution < 1.29 is 19.1 Å². The Hall–Kier alpha value is -2.83. The highest BCUT2D eigenvalue weighted by molar-refractivity contribution is 5.92. The van der Waals surface area contributed by atoms with Gasteiger partial charge < -0.3 is 14.8 Å². The molecule has 1 amide bonds. The van der Waals surface area contributed by atoms with E-state index in [2.05, 4.69) is 23.7 Å². The number of hydrazone groups is 1. The van der Waals surface area contributed by atoms with Gasteiger partial charge in [-0.25, -0.2) is 14.6 Å². The molecular formula is C18H25N3O4. The van der Waals surface area contributed by atoms with E-state index >= 15 is 0 Å². The van der Waals surface area contributed by atoms with Crippen LogP contribution in [0.1, 0.15) is 33.3 Å². The number of nitrogens with one attached hydrogen (secondary N) is 1. The summed E-state index contributed by atoms with van der Waals surface area (Å²) in [5, 5.41) is 7.78. The maximum absolute atomic E-state index is 11.8. The van der Waals surface area contributed by atoms with Crippen LogP contribution in [0.5, 0.6) is 0 Å². The Morgan fingerprint density at radius 1 is 1.32 bits per heavy atom. The first-order valence-electron chi connectivity index (χ1n) is 7.86. The average Bonchev–Trinajstić information content (AvgIpc) is 2.52. The Bertz CT molecular complexity index is 650. The van der Waals surface area contributed by atoms with Crippen molar-refractivity contribution in [1.82, 2.24) is 5.32 Å². The lowest BCUT2D eigenvalue weighted by Gasteiger charge is -2.21. The largest absolute Gasteiger partial charge is 0.461 e. The molecule has 7 heteroatoms. The van der Waals surface area contributed by atoms with Crippen molar-refractivity contribution >= 4 is 24.5 Å². The lowest BCUT2D eigenvalue weighted by Crippen LogP contribution is -2.32. The second kappa shape index (κ2) is 8.86. The van der Waals surface area contributed by atoms with E-state index in [9.17, 15) is 9.59 Å². The Balaban J connectivity index is 2.82. The Morgan fingerprint density at radius 3 is 2.56 bits per heavy atom. The Morgan fingerprint density at radius 2 is 2.00 bits per heavy atom. The first kappa shape index (κ1) is 20.2. The number of carbonyl (C=O) groups is 2. The number of ether oxygens (including phenoxy) is 2. The van der Waals surface area contributed by atoms with Gasteiger partial charge in [-0.15, -0.1) is 0 Å². The number of rotatable bonds is 7. The molecule has 0 heterocycles. The number of benzene rings is 1. The summed E-state index contributed by atoms with van der Waals surface area (Å²) in [6.07, 6.45) is -0.507. The number of esters is 1. The van der Waals surface area contributed by atoms with Crippen LogP contribution < -0.4 is 10.3 Å². The quantitative estimate of drug-likeness (QED) is 0.354. The molecule has 0 spiro atoms. The highest BCUT2D eigenvalue weighted by atomic mass is 16.6. The number of hydrogen-bond acceptors (Lipinski definition) is 6. The van der Waals surface area contributed by atoms with Gasteiger partial charge in [-0.2, -0.15) is 5.10 Å². The van der Waals surface area contributed by atoms with E-state index in [0.717, 1.165) is 5.56 Å². The summed E-state index contributed by atoms with van der Waals surface area (Å²) < 4.78 is 10.1. The molecule has 0 aromatic heterocycles. The van der Waals surface area contributed by atoms with Crippen LogP contribution in [-0.4, -0.2) is 31.0 Å². The van der Waals surface area contributed by atoms with E-state index in [1.54, 1.807) is 45.9 Å². The van der Waals surface area contributed by atoms with Crippen LogP contribution >= 0.6 is 0 Å². The highest BCUT2D eigenvalue weighted by Crippen LogP contribution is 2.21. The van der Waals surface area contributed by atoms with Gasteiger partial charge in [0.25, 0.3) is 0 Å². The molecule has 0 aliphatic carbocycles. The predicted molar refractivity (Wildman–Crippen MR) is 97.3 cm³/mol. The first-order chi connectivity index (χ1) is 11.7. The monoisotopic (exact) mass is 347 g/mol. The highest BCUT2D eigenvalue weighted by Gasteiger charge is 2.18. The molecule has 0 unspecified atom stereocenters. The van der Waals surface area contributed by atoms with Crippen molar-refractivity contribution in [1.29, 1.82) is 0 Å². The fourth-order valence-electron chi connectivity index (χ4n) is 1.91. The molecule has 7 nitrogen and oxygen atoms in total. The molecule has 0 saturated carbocycles. The fraction of sp³-hybridized carbons (Fsp3) is 0.389. The van der Waals surface area contributed by atoms with E-state index in [0.29, 0.717) is 5.69 Å². The average molecular weight is 347 g/mol. The number of amides is 1. The minimum atomic E-state index is -0.577. The minimum Gasteiger partial charge on any atom is -0.461 e. The van der Waals surface area contributed by atoms with Gasteiger partial charge in [-0.1, -0.05) is 18.7 Å². The zero-order valence-corrected chi connectivity index (χ0v) is 15.2. The van der Waals surface area contributed by atoms with Crippen LogP contribution in [0, 0.1) is 0 Å². The van der Waals surface area contributed by atoms with Crippen LogP contribution in [-0.2, 0) is 20.8 Å². The van der Waals surface area contributed by atoms with Crippen LogP contribution in [0.25, 0.3) is 0 Å². The molecule has 0 atom stereocenters. The third-order valence-electron chi connectivity index (χ3n) is 2.90. The van der Waals surface area contributed by atoms with Crippen molar-refractivity contribution in [3.8, 4) is 0 Å². The van der Waals surface area contributed by atoms with E-state index < -0.39 is 17.7 Å². The lowest BCUT2D eigenvalue weighted by molar-refractivity contribution is -0.138. The topological polar surface area (TPSA) is 80.2 Å². The number of anilines is 1. The predicted octanol–water partition coefficient (Wildman–Crippen LogP) is 3.21. The van der Waals surface area contributed by atoms with Gasteiger partial charge in [0, 0.05) is 13.3 Å². The molecule has 25 heavy (non-hydrogen) atoms. The summed E-state index contributed by atoms with van der Waals surface area (Å²) in [6.45, 7) is 14.7. The molecule has 0 radical (unpaired) electrons. The van der Waals surface area contributed by atoms with Gasteiger partial charge in [-0.3, -0.25) is 0 Å². The zero-order chi connectivity index (χ0) is 19.0. The van der Waals surface area contributed by atoms with Crippen LogP contribution in [0.2, 0.25) is 0 Å². The van der Waals surface area contributed by atoms with Crippen molar-refractivity contribution in [2.24, 2.45) is 5.10 Å². The Kier molecular flexibility index (Phi) is 7.17. The summed E-state index contributed by atoms with van der Waals surface area (Å²) in [6, 6.07) is 7.11. The molecule has 1 N–H and O–H groups in total. The molecule has 0 aliphatic heterocycles. The molecule has 0 aliphatic rings. The van der Waals surface area contributed by atoms with Gasteiger partial charge in [0.1, 0.15) is 11.3 Å². The second-order valence-electron chi connectivity index (χ2n) is 6.15. The van der Waals surface area contributed by atoms with Gasteiger partial charge in [0.05, 0.1) is 12.3 Å². The van der Waals surface area contributed by atoms with Crippen LogP contribution in [0.4, 0.5) is 10.5 Å². The SMILES string of the molecule is C=NN(C(=C)C(=O)OCC)c1cccc(CNC(=O)OC(C)(C)C)c1. The van der Waals surface area contributed by atoms with Gasteiger partial charge >= 0.3 is 12.1 Å². The van der Waals surface area contributed by atoms with E-state index in [1.807, 2.05) is 6.07 Å². The van der Waals surface area contributed by atoms with E-state index in [4.69, 9.17) is 9.47 Å². The standard InChI is InChI=1S/C18H25N3O4/c1-7-24-16(22)13(2)21(19-6)15-10-8-9-14(11-15)12-20-17(23)25-18(3,4)5/h8-11H,2,6-7,12H2,1,3-5H3,(H,20,23). The molecule has 1 rings (SSSR count). The Labute approximate surface area is 148 Å².